The Morgan fingerprint density at radius 2 is 1.09 bits per heavy atom. The van der Waals surface area contributed by atoms with Crippen LogP contribution in [0.4, 0.5) is 0 Å². The second kappa shape index (κ2) is 16.3. The summed E-state index contributed by atoms with van der Waals surface area (Å²) in [6.45, 7) is 2.30. The van der Waals surface area contributed by atoms with Gasteiger partial charge in [-0.25, -0.2) is 0 Å². The molecule has 0 nitrogen and oxygen atoms in total. The van der Waals surface area contributed by atoms with Gasteiger partial charge in [0.15, 0.2) is 0 Å². The monoisotopic (exact) mass is 318 g/mol. The standard InChI is InChI=1S/C23H42/c1-2-3-4-5-6-7-8-9-10-11-12-13-14-15-17-20-23-21-18-16-19-22-23/h18,21-22H,2-17,19-20H2,1H3. The highest BCUT2D eigenvalue weighted by Gasteiger charge is 1.98. The van der Waals surface area contributed by atoms with E-state index in [2.05, 4.69) is 25.2 Å². The van der Waals surface area contributed by atoms with Crippen LogP contribution in [0.5, 0.6) is 0 Å². The van der Waals surface area contributed by atoms with Gasteiger partial charge in [0, 0.05) is 0 Å². The molecule has 0 unspecified atom stereocenters. The van der Waals surface area contributed by atoms with Crippen LogP contribution < -0.4 is 0 Å². The van der Waals surface area contributed by atoms with Crippen molar-refractivity contribution in [2.75, 3.05) is 0 Å². The van der Waals surface area contributed by atoms with E-state index >= 15 is 0 Å². The molecule has 0 fully saturated rings. The SMILES string of the molecule is CCCCCCCCCCCCCCCCCC1=CCCC=C1. The van der Waals surface area contributed by atoms with Crippen LogP contribution in [0.25, 0.3) is 0 Å². The number of rotatable bonds is 16. The molecule has 0 N–H and O–H groups in total. The summed E-state index contributed by atoms with van der Waals surface area (Å²) in [5, 5.41) is 0. The lowest BCUT2D eigenvalue weighted by Gasteiger charge is -2.06. The first-order valence-corrected chi connectivity index (χ1v) is 10.8. The van der Waals surface area contributed by atoms with E-state index < -0.39 is 0 Å². The summed E-state index contributed by atoms with van der Waals surface area (Å²) in [5.41, 5.74) is 1.59. The van der Waals surface area contributed by atoms with Crippen LogP contribution in [0.2, 0.25) is 0 Å². The summed E-state index contributed by atoms with van der Waals surface area (Å²) in [7, 11) is 0. The van der Waals surface area contributed by atoms with Crippen molar-refractivity contribution in [1.82, 2.24) is 0 Å². The second-order valence-electron chi connectivity index (χ2n) is 7.46. The molecule has 0 bridgehead atoms. The third-order valence-corrected chi connectivity index (χ3v) is 5.14. The summed E-state index contributed by atoms with van der Waals surface area (Å²) in [4.78, 5) is 0. The first kappa shape index (κ1) is 20.5. The minimum atomic E-state index is 1.25. The summed E-state index contributed by atoms with van der Waals surface area (Å²) < 4.78 is 0. The maximum Gasteiger partial charge on any atom is -0.0282 e. The molecule has 0 heteroatoms. The number of allylic oxidation sites excluding steroid dienone is 4. The molecule has 0 aromatic heterocycles. The Kier molecular flexibility index (Phi) is 14.6. The van der Waals surface area contributed by atoms with E-state index in [9.17, 15) is 0 Å². The highest BCUT2D eigenvalue weighted by Crippen LogP contribution is 2.18. The molecule has 0 aliphatic heterocycles. The molecular weight excluding hydrogens is 276 g/mol. The van der Waals surface area contributed by atoms with Crippen LogP contribution in [0, 0.1) is 0 Å². The average molecular weight is 319 g/mol. The van der Waals surface area contributed by atoms with Crippen molar-refractivity contribution in [2.24, 2.45) is 0 Å². The van der Waals surface area contributed by atoms with Gasteiger partial charge in [-0.3, -0.25) is 0 Å². The first-order chi connectivity index (χ1) is 11.4. The normalized spacial score (nSPS) is 14.2. The fourth-order valence-corrected chi connectivity index (χ4v) is 3.55. The maximum atomic E-state index is 2.43. The quantitative estimate of drug-likeness (QED) is 0.250. The van der Waals surface area contributed by atoms with Crippen LogP contribution in [0.1, 0.15) is 122 Å². The van der Waals surface area contributed by atoms with E-state index in [1.807, 2.05) is 0 Å². The molecule has 0 aromatic carbocycles. The Balaban J connectivity index is 1.70. The molecule has 0 spiro atoms. The van der Waals surface area contributed by atoms with Crippen molar-refractivity contribution >= 4 is 0 Å². The van der Waals surface area contributed by atoms with E-state index in [-0.39, 0.29) is 0 Å². The lowest BCUT2D eigenvalue weighted by Crippen LogP contribution is -1.87. The van der Waals surface area contributed by atoms with Crippen LogP contribution >= 0.6 is 0 Å². The van der Waals surface area contributed by atoms with Gasteiger partial charge in [0.1, 0.15) is 0 Å². The van der Waals surface area contributed by atoms with Crippen molar-refractivity contribution in [2.45, 2.75) is 122 Å². The van der Waals surface area contributed by atoms with Gasteiger partial charge < -0.3 is 0 Å². The number of hydrogen-bond acceptors (Lipinski definition) is 0. The van der Waals surface area contributed by atoms with Gasteiger partial charge in [0.25, 0.3) is 0 Å². The predicted molar refractivity (Wildman–Crippen MR) is 106 cm³/mol. The lowest BCUT2D eigenvalue weighted by atomic mass is 10.00. The molecule has 0 radical (unpaired) electrons. The molecule has 0 saturated heterocycles. The van der Waals surface area contributed by atoms with Gasteiger partial charge in [-0.05, 0) is 25.7 Å². The van der Waals surface area contributed by atoms with Crippen molar-refractivity contribution in [3.8, 4) is 0 Å². The third kappa shape index (κ3) is 13.6. The smallest absolute Gasteiger partial charge is 0.0282 e. The van der Waals surface area contributed by atoms with E-state index in [0.29, 0.717) is 0 Å². The first-order valence-electron chi connectivity index (χ1n) is 10.8. The van der Waals surface area contributed by atoms with Crippen molar-refractivity contribution in [1.29, 1.82) is 0 Å². The van der Waals surface area contributed by atoms with E-state index in [0.717, 1.165) is 0 Å². The average Bonchev–Trinajstić information content (AvgIpc) is 2.59. The molecule has 0 amide bonds. The topological polar surface area (TPSA) is 0 Å². The number of unbranched alkanes of at least 4 members (excludes halogenated alkanes) is 14. The van der Waals surface area contributed by atoms with Gasteiger partial charge in [-0.15, -0.1) is 0 Å². The lowest BCUT2D eigenvalue weighted by molar-refractivity contribution is 0.532. The molecule has 0 aromatic rings. The molecular formula is C23H42. The minimum absolute atomic E-state index is 1.25. The second-order valence-corrected chi connectivity index (χ2v) is 7.46. The molecule has 1 rings (SSSR count). The molecule has 1 aliphatic carbocycles. The highest BCUT2D eigenvalue weighted by atomic mass is 14.0. The minimum Gasteiger partial charge on any atom is -0.0840 e. The molecule has 0 saturated carbocycles. The van der Waals surface area contributed by atoms with Crippen LogP contribution in [-0.2, 0) is 0 Å². The summed E-state index contributed by atoms with van der Waals surface area (Å²) in [6, 6.07) is 0. The fraction of sp³-hybridized carbons (Fsp3) is 0.826. The summed E-state index contributed by atoms with van der Waals surface area (Å²) >= 11 is 0. The Morgan fingerprint density at radius 3 is 1.52 bits per heavy atom. The zero-order valence-electron chi connectivity index (χ0n) is 16.0. The van der Waals surface area contributed by atoms with Crippen molar-refractivity contribution < 1.29 is 0 Å². The zero-order valence-corrected chi connectivity index (χ0v) is 16.0. The highest BCUT2D eigenvalue weighted by molar-refractivity contribution is 5.21. The Labute approximate surface area is 146 Å². The van der Waals surface area contributed by atoms with Gasteiger partial charge in [-0.2, -0.15) is 0 Å². The predicted octanol–water partition coefficient (Wildman–Crippen LogP) is 8.52. The van der Waals surface area contributed by atoms with E-state index in [1.54, 1.807) is 5.57 Å². The fourth-order valence-electron chi connectivity index (χ4n) is 3.55. The van der Waals surface area contributed by atoms with Crippen molar-refractivity contribution in [3.63, 3.8) is 0 Å². The molecule has 1 aliphatic rings. The molecule has 0 atom stereocenters. The van der Waals surface area contributed by atoms with Gasteiger partial charge in [0.05, 0.1) is 0 Å². The maximum absolute atomic E-state index is 2.43. The summed E-state index contributed by atoms with van der Waals surface area (Å²) in [5.74, 6) is 0. The van der Waals surface area contributed by atoms with Gasteiger partial charge >= 0.3 is 0 Å². The van der Waals surface area contributed by atoms with Crippen molar-refractivity contribution in [3.05, 3.63) is 23.8 Å². The van der Waals surface area contributed by atoms with Crippen LogP contribution in [0.15, 0.2) is 23.8 Å². The Morgan fingerprint density at radius 1 is 0.609 bits per heavy atom. The van der Waals surface area contributed by atoms with Crippen LogP contribution in [0.3, 0.4) is 0 Å². The van der Waals surface area contributed by atoms with E-state index in [4.69, 9.17) is 0 Å². The zero-order chi connectivity index (χ0) is 16.4. The van der Waals surface area contributed by atoms with E-state index in [1.165, 1.54) is 116 Å². The third-order valence-electron chi connectivity index (χ3n) is 5.14. The number of hydrogen-bond donors (Lipinski definition) is 0. The van der Waals surface area contributed by atoms with Gasteiger partial charge in [-0.1, -0.05) is 121 Å². The Bertz CT molecular complexity index is 297. The molecule has 134 valence electrons. The summed E-state index contributed by atoms with van der Waals surface area (Å²) in [6.07, 6.45) is 32.8. The van der Waals surface area contributed by atoms with Crippen LogP contribution in [-0.4, -0.2) is 0 Å². The molecule has 23 heavy (non-hydrogen) atoms. The Hall–Kier alpha value is -0.520. The largest absolute Gasteiger partial charge is 0.0840 e. The van der Waals surface area contributed by atoms with Gasteiger partial charge in [0.2, 0.25) is 0 Å². The molecule has 0 heterocycles.